The molecule has 248 valence electrons. The quantitative estimate of drug-likeness (QED) is 0.0332. The first-order valence-electron chi connectivity index (χ1n) is 13.5. The minimum atomic E-state index is -1.30. The summed E-state index contributed by atoms with van der Waals surface area (Å²) in [5.74, 6) is 1.17. The van der Waals surface area contributed by atoms with Gasteiger partial charge in [0.1, 0.15) is 48.3 Å². The third-order valence-corrected chi connectivity index (χ3v) is 7.78. The topological polar surface area (TPSA) is 124 Å². The van der Waals surface area contributed by atoms with Gasteiger partial charge in [-0.1, -0.05) is 35.9 Å². The first kappa shape index (κ1) is 37.7. The lowest BCUT2D eigenvalue weighted by atomic mass is 10.2. The second-order valence-corrected chi connectivity index (χ2v) is 16.8. The van der Waals surface area contributed by atoms with Gasteiger partial charge >= 0.3 is 0 Å². The molecule has 0 unspecified atom stereocenters. The third-order valence-electron chi connectivity index (χ3n) is 5.68. The van der Waals surface area contributed by atoms with Crippen molar-refractivity contribution in [1.82, 2.24) is 25.0 Å². The summed E-state index contributed by atoms with van der Waals surface area (Å²) < 4.78 is 64.9. The van der Waals surface area contributed by atoms with Crippen LogP contribution in [0.5, 0.6) is 11.5 Å². The van der Waals surface area contributed by atoms with E-state index in [2.05, 4.69) is 93.3 Å². The van der Waals surface area contributed by atoms with Crippen molar-refractivity contribution < 1.29 is 27.0 Å². The van der Waals surface area contributed by atoms with Crippen molar-refractivity contribution in [3.63, 3.8) is 0 Å². The lowest BCUT2D eigenvalue weighted by molar-refractivity contribution is 0.412. The summed E-state index contributed by atoms with van der Waals surface area (Å²) in [5.41, 5.74) is 12.3. The first-order chi connectivity index (χ1) is 22.8. The Morgan fingerprint density at radius 3 is 2.08 bits per heavy atom. The summed E-state index contributed by atoms with van der Waals surface area (Å²) in [4.78, 5) is 10.3. The lowest BCUT2D eigenvalue weighted by Gasteiger charge is -2.05. The molecule has 17 heteroatoms. The fraction of sp³-hybridized carbons (Fsp3) is 0.161. The smallest absolute Gasteiger partial charge is 0.166 e. The molecule has 0 aliphatic carbocycles. The number of rotatable bonds is 5. The molecule has 0 radical (unpaired) electrons. The zero-order valence-electron chi connectivity index (χ0n) is 26.0. The predicted octanol–water partition coefficient (Wildman–Crippen LogP) is 9.37. The number of ether oxygens (including phenoxy) is 2. The van der Waals surface area contributed by atoms with Gasteiger partial charge in [0.05, 0.1) is 41.8 Å². The average Bonchev–Trinajstić information content (AvgIpc) is 3.56. The summed E-state index contributed by atoms with van der Waals surface area (Å²) in [6.07, 6.45) is 7.96. The molecule has 48 heavy (non-hydrogen) atoms. The van der Waals surface area contributed by atoms with Crippen molar-refractivity contribution in [2.24, 2.45) is 5.11 Å². The van der Waals surface area contributed by atoms with Crippen LogP contribution in [-0.4, -0.2) is 47.3 Å². The largest absolute Gasteiger partial charge is 0.495 e. The van der Waals surface area contributed by atoms with Gasteiger partial charge in [-0.2, -0.15) is 0 Å². The van der Waals surface area contributed by atoms with Crippen LogP contribution in [0.25, 0.3) is 27.4 Å². The molecule has 0 bridgehead atoms. The number of aromatic nitrogens is 5. The highest BCUT2D eigenvalue weighted by atomic mass is 79.9. The second-order valence-electron chi connectivity index (χ2n) is 10.3. The van der Waals surface area contributed by atoms with Gasteiger partial charge in [0, 0.05) is 28.4 Å². The van der Waals surface area contributed by atoms with E-state index in [1.54, 1.807) is 38.0 Å². The Labute approximate surface area is 291 Å². The standard InChI is InChI=1S/C14H9BrF2N4O.C11H15NOSi.C6H2BrF2N3/c1-22-9-4-8(5-18-6-9)12-7-21(20-19-12)14-11(16)3-2-10(15)13(14)17;1-13-11-7-10(8-12-9-11)5-6-14(2,3)4;7-3-1-2-4(8)6(5(3)9)11-12-10/h2-7H,1H3;7-9H,1-4H3;1-2H. The number of benzene rings is 2. The molecule has 0 saturated carbocycles. The fourth-order valence-corrected chi connectivity index (χ4v) is 4.57. The number of halogens is 6. The molecule has 3 heterocycles. The molecule has 3 aromatic heterocycles. The zero-order chi connectivity index (χ0) is 35.4. The lowest BCUT2D eigenvalue weighted by Crippen LogP contribution is -2.16. The predicted molar refractivity (Wildman–Crippen MR) is 183 cm³/mol. The summed E-state index contributed by atoms with van der Waals surface area (Å²) in [6.45, 7) is 6.65. The van der Waals surface area contributed by atoms with Crippen LogP contribution in [0, 0.1) is 34.7 Å². The fourth-order valence-electron chi connectivity index (χ4n) is 3.41. The van der Waals surface area contributed by atoms with Gasteiger partial charge in [0.15, 0.2) is 11.6 Å². The number of nitrogens with zero attached hydrogens (tertiary/aromatic N) is 8. The number of azide groups is 1. The van der Waals surface area contributed by atoms with Crippen molar-refractivity contribution in [1.29, 1.82) is 0 Å². The molecule has 0 spiro atoms. The number of methoxy groups -OCH3 is 2. The number of hydrogen-bond acceptors (Lipinski definition) is 7. The van der Waals surface area contributed by atoms with Gasteiger partial charge in [-0.3, -0.25) is 9.97 Å². The Morgan fingerprint density at radius 1 is 0.854 bits per heavy atom. The molecule has 0 aliphatic heterocycles. The molecule has 5 rings (SSSR count). The maximum Gasteiger partial charge on any atom is 0.166 e. The third kappa shape index (κ3) is 10.6. The molecular weight excluding hydrogens is 780 g/mol. The summed E-state index contributed by atoms with van der Waals surface area (Å²) in [7, 11) is 1.85. The van der Waals surface area contributed by atoms with Gasteiger partial charge in [-0.05, 0) is 73.8 Å². The van der Waals surface area contributed by atoms with E-state index in [0.717, 1.165) is 28.1 Å². The summed E-state index contributed by atoms with van der Waals surface area (Å²) in [6, 6.07) is 8.25. The van der Waals surface area contributed by atoms with Crippen LogP contribution >= 0.6 is 31.9 Å². The van der Waals surface area contributed by atoms with Gasteiger partial charge in [0.25, 0.3) is 0 Å². The highest BCUT2D eigenvalue weighted by Gasteiger charge is 2.17. The van der Waals surface area contributed by atoms with Crippen LogP contribution in [0.4, 0.5) is 23.2 Å². The minimum absolute atomic E-state index is 0.0614. The van der Waals surface area contributed by atoms with Crippen LogP contribution in [0.15, 0.2) is 81.4 Å². The Balaban J connectivity index is 0.000000209. The maximum absolute atomic E-state index is 14.1. The maximum atomic E-state index is 14.1. The van der Waals surface area contributed by atoms with E-state index < -0.39 is 37.0 Å². The summed E-state index contributed by atoms with van der Waals surface area (Å²) >= 11 is 5.84. The molecule has 0 atom stereocenters. The van der Waals surface area contributed by atoms with Crippen LogP contribution in [0.3, 0.4) is 0 Å². The molecule has 2 aromatic carbocycles. The summed E-state index contributed by atoms with van der Waals surface area (Å²) in [5, 5.41) is 10.6. The Hall–Kier alpha value is -4.75. The Kier molecular flexibility index (Phi) is 13.7. The van der Waals surface area contributed by atoms with Crippen LogP contribution in [0.1, 0.15) is 5.56 Å². The van der Waals surface area contributed by atoms with E-state index in [0.29, 0.717) is 17.0 Å². The molecule has 5 aromatic rings. The molecule has 0 saturated heterocycles. The zero-order valence-corrected chi connectivity index (χ0v) is 30.2. The molecule has 0 aliphatic rings. The Bertz CT molecular complexity index is 2010. The van der Waals surface area contributed by atoms with Crippen molar-refractivity contribution in [2.75, 3.05) is 14.2 Å². The highest BCUT2D eigenvalue weighted by Crippen LogP contribution is 2.29. The average molecular weight is 806 g/mol. The van der Waals surface area contributed by atoms with Crippen LogP contribution < -0.4 is 9.47 Å². The normalized spacial score (nSPS) is 10.2. The number of hydrogen-bond donors (Lipinski definition) is 0. The highest BCUT2D eigenvalue weighted by molar-refractivity contribution is 9.10. The van der Waals surface area contributed by atoms with E-state index >= 15 is 0 Å². The van der Waals surface area contributed by atoms with E-state index in [1.165, 1.54) is 25.4 Å². The van der Waals surface area contributed by atoms with Gasteiger partial charge < -0.3 is 9.47 Å². The van der Waals surface area contributed by atoms with Crippen LogP contribution in [-0.2, 0) is 0 Å². The van der Waals surface area contributed by atoms with E-state index in [4.69, 9.17) is 15.0 Å². The van der Waals surface area contributed by atoms with E-state index in [-0.39, 0.29) is 14.6 Å². The molecular formula is C31H26Br2F4N8O2Si. The first-order valence-corrected chi connectivity index (χ1v) is 18.6. The van der Waals surface area contributed by atoms with Crippen molar-refractivity contribution in [3.8, 4) is 39.9 Å². The molecule has 0 fully saturated rings. The number of pyridine rings is 2. The molecule has 0 amide bonds. The van der Waals surface area contributed by atoms with E-state index in [1.807, 2.05) is 6.07 Å². The van der Waals surface area contributed by atoms with Gasteiger partial charge in [-0.15, -0.1) is 10.6 Å². The monoisotopic (exact) mass is 804 g/mol. The van der Waals surface area contributed by atoms with Crippen LogP contribution in [0.2, 0.25) is 19.6 Å². The molecule has 0 N–H and O–H groups in total. The van der Waals surface area contributed by atoms with Crippen molar-refractivity contribution >= 4 is 45.6 Å². The van der Waals surface area contributed by atoms with Crippen molar-refractivity contribution in [3.05, 3.63) is 116 Å². The Morgan fingerprint density at radius 2 is 1.46 bits per heavy atom. The van der Waals surface area contributed by atoms with E-state index in [9.17, 15) is 17.6 Å². The van der Waals surface area contributed by atoms with Gasteiger partial charge in [0.2, 0.25) is 0 Å². The SMILES string of the molecule is COc1cncc(-c2cn(-c3c(F)ccc(Br)c3F)nn2)c1.COc1cncc(C#C[Si](C)(C)C)c1.[N-]=[N+]=Nc1c(F)ccc(Br)c1F. The van der Waals surface area contributed by atoms with Crippen molar-refractivity contribution in [2.45, 2.75) is 19.6 Å². The minimum Gasteiger partial charge on any atom is -0.495 e. The van der Waals surface area contributed by atoms with Gasteiger partial charge in [-0.25, -0.2) is 22.2 Å². The molecule has 10 nitrogen and oxygen atoms in total. The second kappa shape index (κ2) is 17.4.